The highest BCUT2D eigenvalue weighted by Gasteiger charge is 2.17. The first-order chi connectivity index (χ1) is 7.34. The van der Waals surface area contributed by atoms with Crippen LogP contribution in [0, 0.1) is 0 Å². The van der Waals surface area contributed by atoms with Crippen molar-refractivity contribution >= 4 is 17.3 Å². The van der Waals surface area contributed by atoms with Gasteiger partial charge in [-0.05, 0) is 11.6 Å². The second-order valence-corrected chi connectivity index (χ2v) is 3.99. The predicted molar refractivity (Wildman–Crippen MR) is 58.1 cm³/mol. The Labute approximate surface area is 92.0 Å². The Bertz CT molecular complexity index is 507. The van der Waals surface area contributed by atoms with Crippen LogP contribution in [0.1, 0.15) is 16.9 Å². The van der Waals surface area contributed by atoms with Crippen molar-refractivity contribution in [1.29, 1.82) is 0 Å². The molecule has 0 atom stereocenters. The number of rotatable bonds is 0. The van der Waals surface area contributed by atoms with E-state index in [0.717, 1.165) is 40.6 Å². The Hall–Kier alpha value is -1.48. The van der Waals surface area contributed by atoms with E-state index < -0.39 is 0 Å². The van der Waals surface area contributed by atoms with Crippen LogP contribution >= 0.6 is 11.6 Å². The summed E-state index contributed by atoms with van der Waals surface area (Å²) in [7, 11) is 0. The lowest BCUT2D eigenvalue weighted by Crippen LogP contribution is -1.98. The summed E-state index contributed by atoms with van der Waals surface area (Å²) in [5, 5.41) is 7.85. The number of nitrogens with one attached hydrogen (secondary N) is 1. The first-order valence-corrected chi connectivity index (χ1v) is 5.16. The van der Waals surface area contributed by atoms with Crippen molar-refractivity contribution in [1.82, 2.24) is 5.16 Å². The number of fused-ring (bicyclic) bond motifs is 2. The van der Waals surface area contributed by atoms with E-state index in [0.29, 0.717) is 0 Å². The van der Waals surface area contributed by atoms with E-state index in [2.05, 4.69) is 10.5 Å². The van der Waals surface area contributed by atoms with Gasteiger partial charge in [0.1, 0.15) is 5.76 Å². The van der Waals surface area contributed by atoms with Gasteiger partial charge in [0.15, 0.2) is 0 Å². The molecule has 1 N–H and O–H groups in total. The summed E-state index contributed by atoms with van der Waals surface area (Å²) in [6.07, 6.45) is 2.50. The zero-order valence-electron chi connectivity index (χ0n) is 7.96. The minimum Gasteiger partial charge on any atom is -0.379 e. The lowest BCUT2D eigenvalue weighted by Gasteiger charge is -2.08. The molecule has 0 aliphatic carbocycles. The first-order valence-electron chi connectivity index (χ1n) is 4.78. The fraction of sp³-hybridized carbons (Fsp3) is 0.182. The first kappa shape index (κ1) is 8.80. The van der Waals surface area contributed by atoms with E-state index in [9.17, 15) is 0 Å². The summed E-state index contributed by atoms with van der Waals surface area (Å²) in [6, 6.07) is 5.88. The summed E-state index contributed by atoms with van der Waals surface area (Å²) in [6.45, 7) is 0.718. The van der Waals surface area contributed by atoms with Gasteiger partial charge >= 0.3 is 0 Å². The van der Waals surface area contributed by atoms with Gasteiger partial charge in [0.2, 0.25) is 0 Å². The van der Waals surface area contributed by atoms with Crippen molar-refractivity contribution in [2.24, 2.45) is 0 Å². The minimum absolute atomic E-state index is 0.718. The third kappa shape index (κ3) is 1.39. The molecule has 0 saturated heterocycles. The molecule has 1 aliphatic rings. The van der Waals surface area contributed by atoms with Crippen molar-refractivity contribution < 1.29 is 4.52 Å². The Balaban J connectivity index is 2.12. The molecule has 2 aromatic rings. The average molecular weight is 221 g/mol. The lowest BCUT2D eigenvalue weighted by molar-refractivity contribution is 0.388. The smallest absolute Gasteiger partial charge is 0.146 e. The van der Waals surface area contributed by atoms with E-state index in [4.69, 9.17) is 16.1 Å². The fourth-order valence-corrected chi connectivity index (χ4v) is 2.11. The van der Waals surface area contributed by atoms with Gasteiger partial charge < -0.3 is 9.84 Å². The molecule has 3 rings (SSSR count). The molecule has 4 heteroatoms. The quantitative estimate of drug-likeness (QED) is 0.742. The van der Waals surface area contributed by atoms with Gasteiger partial charge in [-0.2, -0.15) is 0 Å². The second kappa shape index (κ2) is 3.28. The summed E-state index contributed by atoms with van der Waals surface area (Å²) >= 11 is 6.12. The fourth-order valence-electron chi connectivity index (χ4n) is 1.84. The lowest BCUT2D eigenvalue weighted by atomic mass is 10.1. The Morgan fingerprint density at radius 1 is 1.33 bits per heavy atom. The number of halogens is 1. The second-order valence-electron chi connectivity index (χ2n) is 3.58. The zero-order chi connectivity index (χ0) is 10.3. The molecule has 0 unspecified atom stereocenters. The van der Waals surface area contributed by atoms with Crippen LogP contribution in [0.3, 0.4) is 0 Å². The van der Waals surface area contributed by atoms with Crippen LogP contribution < -0.4 is 5.32 Å². The molecule has 76 valence electrons. The van der Waals surface area contributed by atoms with Crippen molar-refractivity contribution in [3.8, 4) is 0 Å². The van der Waals surface area contributed by atoms with Gasteiger partial charge in [-0.3, -0.25) is 0 Å². The van der Waals surface area contributed by atoms with E-state index >= 15 is 0 Å². The van der Waals surface area contributed by atoms with Gasteiger partial charge in [-0.1, -0.05) is 28.9 Å². The van der Waals surface area contributed by atoms with Gasteiger partial charge in [0.25, 0.3) is 0 Å². The number of nitrogens with zero attached hydrogens (tertiary/aromatic N) is 1. The van der Waals surface area contributed by atoms with E-state index in [1.807, 2.05) is 18.2 Å². The Kier molecular flexibility index (Phi) is 1.92. The molecule has 0 amide bonds. The van der Waals surface area contributed by atoms with Crippen LogP contribution in [0.15, 0.2) is 28.9 Å². The zero-order valence-corrected chi connectivity index (χ0v) is 8.71. The summed E-state index contributed by atoms with van der Waals surface area (Å²) < 4.78 is 5.20. The predicted octanol–water partition coefficient (Wildman–Crippen LogP) is 2.84. The molecule has 0 bridgehead atoms. The van der Waals surface area contributed by atoms with E-state index in [1.165, 1.54) is 0 Å². The SMILES string of the molecule is Clc1cccc2c1NCc1cnoc1C2. The molecule has 2 heterocycles. The van der Waals surface area contributed by atoms with Crippen molar-refractivity contribution in [3.05, 3.63) is 46.3 Å². The maximum atomic E-state index is 6.12. The largest absolute Gasteiger partial charge is 0.379 e. The van der Waals surface area contributed by atoms with Gasteiger partial charge in [0.05, 0.1) is 16.9 Å². The number of anilines is 1. The van der Waals surface area contributed by atoms with Crippen LogP contribution in [-0.2, 0) is 13.0 Å². The van der Waals surface area contributed by atoms with E-state index in [-0.39, 0.29) is 0 Å². The number of para-hydroxylation sites is 1. The van der Waals surface area contributed by atoms with Crippen LogP contribution in [0.4, 0.5) is 5.69 Å². The highest BCUT2D eigenvalue weighted by Crippen LogP contribution is 2.31. The molecule has 0 saturated carbocycles. The maximum Gasteiger partial charge on any atom is 0.146 e. The molecule has 1 aromatic carbocycles. The number of benzene rings is 1. The number of hydrogen-bond donors (Lipinski definition) is 1. The number of aromatic nitrogens is 1. The normalized spacial score (nSPS) is 13.7. The topological polar surface area (TPSA) is 38.1 Å². The van der Waals surface area contributed by atoms with Crippen LogP contribution in [-0.4, -0.2) is 5.16 Å². The molecular formula is C11H9ClN2O. The van der Waals surface area contributed by atoms with Gasteiger partial charge in [-0.25, -0.2) is 0 Å². The van der Waals surface area contributed by atoms with E-state index in [1.54, 1.807) is 6.20 Å². The molecule has 3 nitrogen and oxygen atoms in total. The third-order valence-electron chi connectivity index (χ3n) is 2.64. The molecular weight excluding hydrogens is 212 g/mol. The summed E-state index contributed by atoms with van der Waals surface area (Å²) in [5.41, 5.74) is 3.26. The molecule has 0 spiro atoms. The van der Waals surface area contributed by atoms with Crippen molar-refractivity contribution in [3.63, 3.8) is 0 Å². The maximum absolute atomic E-state index is 6.12. The Morgan fingerprint density at radius 3 is 3.20 bits per heavy atom. The highest BCUT2D eigenvalue weighted by atomic mass is 35.5. The van der Waals surface area contributed by atoms with Crippen LogP contribution in [0.2, 0.25) is 5.02 Å². The molecule has 1 aliphatic heterocycles. The van der Waals surface area contributed by atoms with Gasteiger partial charge in [0, 0.05) is 18.5 Å². The summed E-state index contributed by atoms with van der Waals surface area (Å²) in [5.74, 6) is 0.920. The van der Waals surface area contributed by atoms with Crippen LogP contribution in [0.5, 0.6) is 0 Å². The summed E-state index contributed by atoms with van der Waals surface area (Å²) in [4.78, 5) is 0. The molecule has 0 fully saturated rings. The molecule has 15 heavy (non-hydrogen) atoms. The van der Waals surface area contributed by atoms with Crippen molar-refractivity contribution in [2.45, 2.75) is 13.0 Å². The van der Waals surface area contributed by atoms with Crippen LogP contribution in [0.25, 0.3) is 0 Å². The Morgan fingerprint density at radius 2 is 2.27 bits per heavy atom. The van der Waals surface area contributed by atoms with Gasteiger partial charge in [-0.15, -0.1) is 0 Å². The average Bonchev–Trinajstić information content (AvgIpc) is 2.58. The molecule has 1 aromatic heterocycles. The molecule has 0 radical (unpaired) electrons. The highest BCUT2D eigenvalue weighted by molar-refractivity contribution is 6.33. The third-order valence-corrected chi connectivity index (χ3v) is 2.95. The standard InChI is InChI=1S/C11H9ClN2O/c12-9-3-1-2-7-4-10-8(6-14-15-10)5-13-11(7)9/h1-3,6,13H,4-5H2. The van der Waals surface area contributed by atoms with Crippen molar-refractivity contribution in [2.75, 3.05) is 5.32 Å². The minimum atomic E-state index is 0.718. The monoisotopic (exact) mass is 220 g/mol. The number of hydrogen-bond acceptors (Lipinski definition) is 3.